The maximum absolute atomic E-state index is 10.9. The Morgan fingerprint density at radius 2 is 2.22 bits per heavy atom. The molecule has 2 unspecified atom stereocenters. The fourth-order valence-corrected chi connectivity index (χ4v) is 1.77. The Labute approximate surface area is 54.6 Å². The molecule has 2 atom stereocenters. The van der Waals surface area contributed by atoms with Crippen LogP contribution in [0, 0.1) is 11.8 Å². The van der Waals surface area contributed by atoms with Crippen LogP contribution < -0.4 is 5.32 Å². The van der Waals surface area contributed by atoms with Crippen LogP contribution in [0.2, 0.25) is 0 Å². The summed E-state index contributed by atoms with van der Waals surface area (Å²) in [5, 5.41) is 2.87. The highest BCUT2D eigenvalue weighted by Crippen LogP contribution is 2.38. The second-order valence-electron chi connectivity index (χ2n) is 3.02. The summed E-state index contributed by atoms with van der Waals surface area (Å²) in [5.74, 6) is 1.45. The summed E-state index contributed by atoms with van der Waals surface area (Å²) < 4.78 is 0. The molecule has 1 aliphatic carbocycles. The summed E-state index contributed by atoms with van der Waals surface area (Å²) in [4.78, 5) is 10.9. The highest BCUT2D eigenvalue weighted by molar-refractivity contribution is 5.80. The van der Waals surface area contributed by atoms with Gasteiger partial charge in [-0.15, -0.1) is 0 Å². The van der Waals surface area contributed by atoms with Gasteiger partial charge < -0.3 is 5.32 Å². The normalized spacial score (nSPS) is 40.7. The molecule has 2 aliphatic rings. The summed E-state index contributed by atoms with van der Waals surface area (Å²) >= 11 is 0. The standard InChI is InChI=1S/C7H11NO/c9-7-6-2-1-5(6)3-4-8-7/h5-6H,1-4H2,(H,8,9). The van der Waals surface area contributed by atoms with Crippen LogP contribution in [0.1, 0.15) is 19.3 Å². The van der Waals surface area contributed by atoms with Gasteiger partial charge in [0.05, 0.1) is 0 Å². The van der Waals surface area contributed by atoms with Crippen LogP contribution >= 0.6 is 0 Å². The van der Waals surface area contributed by atoms with E-state index in [1.54, 1.807) is 0 Å². The minimum absolute atomic E-state index is 0.303. The minimum atomic E-state index is 0.303. The van der Waals surface area contributed by atoms with Crippen molar-refractivity contribution < 1.29 is 4.79 Å². The Bertz CT molecular complexity index is 144. The van der Waals surface area contributed by atoms with Crippen molar-refractivity contribution in [3.05, 3.63) is 0 Å². The van der Waals surface area contributed by atoms with Crippen molar-refractivity contribution in [2.75, 3.05) is 6.54 Å². The number of carbonyl (C=O) groups excluding carboxylic acids is 1. The van der Waals surface area contributed by atoms with E-state index in [-0.39, 0.29) is 0 Å². The van der Waals surface area contributed by atoms with Gasteiger partial charge in [-0.3, -0.25) is 4.79 Å². The number of hydrogen-bond donors (Lipinski definition) is 1. The molecule has 1 aliphatic heterocycles. The Hall–Kier alpha value is -0.530. The van der Waals surface area contributed by atoms with E-state index in [9.17, 15) is 4.79 Å². The van der Waals surface area contributed by atoms with Gasteiger partial charge in [0, 0.05) is 12.5 Å². The second-order valence-corrected chi connectivity index (χ2v) is 3.02. The molecule has 0 aromatic carbocycles. The lowest BCUT2D eigenvalue weighted by Crippen LogP contribution is -2.47. The molecule has 50 valence electrons. The minimum Gasteiger partial charge on any atom is -0.356 e. The van der Waals surface area contributed by atoms with Gasteiger partial charge in [-0.05, 0) is 25.2 Å². The van der Waals surface area contributed by atoms with Crippen molar-refractivity contribution >= 4 is 5.91 Å². The maximum atomic E-state index is 10.9. The smallest absolute Gasteiger partial charge is 0.223 e. The lowest BCUT2D eigenvalue weighted by atomic mass is 9.70. The monoisotopic (exact) mass is 125 g/mol. The average molecular weight is 125 g/mol. The van der Waals surface area contributed by atoms with E-state index in [4.69, 9.17) is 0 Å². The van der Waals surface area contributed by atoms with Gasteiger partial charge in [-0.1, -0.05) is 0 Å². The molecule has 1 saturated carbocycles. The van der Waals surface area contributed by atoms with Crippen molar-refractivity contribution in [3.63, 3.8) is 0 Å². The Balaban J connectivity index is 2.06. The van der Waals surface area contributed by atoms with Crippen molar-refractivity contribution in [2.45, 2.75) is 19.3 Å². The molecule has 2 heteroatoms. The molecule has 2 rings (SSSR count). The van der Waals surface area contributed by atoms with E-state index < -0.39 is 0 Å². The molecule has 0 bridgehead atoms. The number of piperidine rings is 1. The predicted octanol–water partition coefficient (Wildman–Crippen LogP) is 0.532. The quantitative estimate of drug-likeness (QED) is 0.502. The summed E-state index contributed by atoms with van der Waals surface area (Å²) in [6.07, 6.45) is 3.64. The molecule has 1 amide bonds. The Kier molecular flexibility index (Phi) is 1.01. The molecule has 0 spiro atoms. The van der Waals surface area contributed by atoms with E-state index in [0.29, 0.717) is 11.8 Å². The first-order valence-electron chi connectivity index (χ1n) is 3.65. The third-order valence-electron chi connectivity index (χ3n) is 2.57. The molecule has 2 fully saturated rings. The summed E-state index contributed by atoms with van der Waals surface area (Å²) in [7, 11) is 0. The van der Waals surface area contributed by atoms with Crippen molar-refractivity contribution in [3.8, 4) is 0 Å². The van der Waals surface area contributed by atoms with Crippen LogP contribution in [0.3, 0.4) is 0 Å². The number of nitrogens with one attached hydrogen (secondary N) is 1. The summed E-state index contributed by atoms with van der Waals surface area (Å²) in [5.41, 5.74) is 0. The predicted molar refractivity (Wildman–Crippen MR) is 33.8 cm³/mol. The number of carbonyl (C=O) groups is 1. The number of hydrogen-bond acceptors (Lipinski definition) is 1. The van der Waals surface area contributed by atoms with Gasteiger partial charge in [0.15, 0.2) is 0 Å². The SMILES string of the molecule is O=C1NCCC2CCC12. The van der Waals surface area contributed by atoms with Gasteiger partial charge in [-0.2, -0.15) is 0 Å². The molecule has 2 nitrogen and oxygen atoms in total. The third-order valence-corrected chi connectivity index (χ3v) is 2.57. The van der Waals surface area contributed by atoms with Crippen molar-refractivity contribution in [1.29, 1.82) is 0 Å². The molecule has 9 heavy (non-hydrogen) atoms. The lowest BCUT2D eigenvalue weighted by Gasteiger charge is -2.39. The van der Waals surface area contributed by atoms with E-state index in [0.717, 1.165) is 18.9 Å². The highest BCUT2D eigenvalue weighted by atomic mass is 16.2. The number of amides is 1. The topological polar surface area (TPSA) is 29.1 Å². The van der Waals surface area contributed by atoms with Gasteiger partial charge in [-0.25, -0.2) is 0 Å². The van der Waals surface area contributed by atoms with Crippen LogP contribution in [-0.2, 0) is 4.79 Å². The van der Waals surface area contributed by atoms with Gasteiger partial charge >= 0.3 is 0 Å². The van der Waals surface area contributed by atoms with Gasteiger partial charge in [0.2, 0.25) is 5.91 Å². The molecular formula is C7H11NO. The molecule has 1 N–H and O–H groups in total. The van der Waals surface area contributed by atoms with E-state index in [1.807, 2.05) is 0 Å². The van der Waals surface area contributed by atoms with Gasteiger partial charge in [0.1, 0.15) is 0 Å². The average Bonchev–Trinajstić information content (AvgIpc) is 1.74. The summed E-state index contributed by atoms with van der Waals surface area (Å²) in [6.45, 7) is 0.917. The van der Waals surface area contributed by atoms with E-state index in [1.165, 1.54) is 12.8 Å². The zero-order chi connectivity index (χ0) is 6.27. The number of rotatable bonds is 0. The van der Waals surface area contributed by atoms with Crippen LogP contribution in [0.25, 0.3) is 0 Å². The zero-order valence-corrected chi connectivity index (χ0v) is 5.39. The molecule has 1 heterocycles. The summed E-state index contributed by atoms with van der Waals surface area (Å²) in [6, 6.07) is 0. The van der Waals surface area contributed by atoms with E-state index >= 15 is 0 Å². The third kappa shape index (κ3) is 0.655. The highest BCUT2D eigenvalue weighted by Gasteiger charge is 2.38. The fourth-order valence-electron chi connectivity index (χ4n) is 1.77. The molecule has 0 aromatic heterocycles. The van der Waals surface area contributed by atoms with Crippen LogP contribution in [0.15, 0.2) is 0 Å². The molecular weight excluding hydrogens is 114 g/mol. The second kappa shape index (κ2) is 1.72. The Morgan fingerprint density at radius 1 is 1.33 bits per heavy atom. The van der Waals surface area contributed by atoms with Gasteiger partial charge in [0.25, 0.3) is 0 Å². The molecule has 0 radical (unpaired) electrons. The van der Waals surface area contributed by atoms with E-state index in [2.05, 4.69) is 5.32 Å². The zero-order valence-electron chi connectivity index (χ0n) is 5.39. The van der Waals surface area contributed by atoms with Crippen LogP contribution in [-0.4, -0.2) is 12.5 Å². The first kappa shape index (κ1) is 5.27. The number of fused-ring (bicyclic) bond motifs is 1. The largest absolute Gasteiger partial charge is 0.356 e. The molecule has 0 aromatic rings. The van der Waals surface area contributed by atoms with Crippen molar-refractivity contribution in [1.82, 2.24) is 5.32 Å². The van der Waals surface area contributed by atoms with Crippen molar-refractivity contribution in [2.24, 2.45) is 11.8 Å². The maximum Gasteiger partial charge on any atom is 0.223 e. The fraction of sp³-hybridized carbons (Fsp3) is 0.857. The van der Waals surface area contributed by atoms with Crippen LogP contribution in [0.4, 0.5) is 0 Å². The first-order chi connectivity index (χ1) is 4.38. The lowest BCUT2D eigenvalue weighted by molar-refractivity contribution is -0.133. The molecule has 1 saturated heterocycles. The van der Waals surface area contributed by atoms with Crippen LogP contribution in [0.5, 0.6) is 0 Å². The Morgan fingerprint density at radius 3 is 2.67 bits per heavy atom. The first-order valence-corrected chi connectivity index (χ1v) is 3.65.